The number of rotatable bonds is 6. The number of methoxy groups -OCH3 is 1. The van der Waals surface area contributed by atoms with Gasteiger partial charge in [-0.3, -0.25) is 10.1 Å². The molecular formula is C9H12N4O4S. The minimum atomic E-state index is -0.559. The van der Waals surface area contributed by atoms with Crippen molar-refractivity contribution in [2.24, 2.45) is 10.9 Å². The van der Waals surface area contributed by atoms with Crippen LogP contribution < -0.4 is 5.73 Å². The predicted octanol–water partition coefficient (Wildman–Crippen LogP) is 0.823. The zero-order chi connectivity index (χ0) is 13.5. The van der Waals surface area contributed by atoms with Crippen molar-refractivity contribution in [1.29, 1.82) is 0 Å². The number of nitro groups is 1. The smallest absolute Gasteiger partial charge is 0.302 e. The third kappa shape index (κ3) is 3.57. The van der Waals surface area contributed by atoms with Crippen LogP contribution in [0, 0.1) is 10.1 Å². The molecule has 0 bridgehead atoms. The molecule has 3 N–H and O–H groups in total. The molecule has 0 radical (unpaired) electrons. The lowest BCUT2D eigenvalue weighted by molar-refractivity contribution is -0.388. The van der Waals surface area contributed by atoms with Crippen LogP contribution in [-0.2, 0) is 4.74 Å². The van der Waals surface area contributed by atoms with Gasteiger partial charge in [-0.25, -0.2) is 4.98 Å². The summed E-state index contributed by atoms with van der Waals surface area (Å²) in [6.45, 7) is 0.464. The first-order valence-electron chi connectivity index (χ1n) is 4.84. The quantitative estimate of drug-likeness (QED) is 0.149. The molecule has 0 fully saturated rings. The average Bonchev–Trinajstić information content (AvgIpc) is 2.38. The predicted molar refractivity (Wildman–Crippen MR) is 66.0 cm³/mol. The van der Waals surface area contributed by atoms with Gasteiger partial charge in [0.15, 0.2) is 10.9 Å². The molecule has 0 aromatic carbocycles. The maximum atomic E-state index is 10.9. The van der Waals surface area contributed by atoms with E-state index >= 15 is 0 Å². The van der Waals surface area contributed by atoms with Crippen molar-refractivity contribution in [3.63, 3.8) is 0 Å². The fourth-order valence-electron chi connectivity index (χ4n) is 1.10. The SMILES string of the molecule is COCCSc1ncc(C(N)=NO)cc1[N+](=O)[O-]. The van der Waals surface area contributed by atoms with Gasteiger partial charge >= 0.3 is 5.69 Å². The van der Waals surface area contributed by atoms with Gasteiger partial charge < -0.3 is 15.7 Å². The lowest BCUT2D eigenvalue weighted by Crippen LogP contribution is -2.14. The number of nitrogens with two attached hydrogens (primary N) is 1. The van der Waals surface area contributed by atoms with E-state index in [1.54, 1.807) is 7.11 Å². The molecule has 0 saturated carbocycles. The Morgan fingerprint density at radius 2 is 2.50 bits per heavy atom. The van der Waals surface area contributed by atoms with Crippen LogP contribution in [0.3, 0.4) is 0 Å². The summed E-state index contributed by atoms with van der Waals surface area (Å²) in [6.07, 6.45) is 1.32. The monoisotopic (exact) mass is 272 g/mol. The molecule has 0 atom stereocenters. The zero-order valence-corrected chi connectivity index (χ0v) is 10.4. The topological polar surface area (TPSA) is 124 Å². The average molecular weight is 272 g/mol. The third-order valence-corrected chi connectivity index (χ3v) is 2.92. The van der Waals surface area contributed by atoms with E-state index in [2.05, 4.69) is 10.1 Å². The fourth-order valence-corrected chi connectivity index (χ4v) is 1.95. The normalized spacial score (nSPS) is 11.5. The van der Waals surface area contributed by atoms with Crippen LogP contribution >= 0.6 is 11.8 Å². The Morgan fingerprint density at radius 3 is 3.06 bits per heavy atom. The van der Waals surface area contributed by atoms with Gasteiger partial charge in [0.05, 0.1) is 11.5 Å². The molecular weight excluding hydrogens is 260 g/mol. The van der Waals surface area contributed by atoms with Gasteiger partial charge in [-0.2, -0.15) is 0 Å². The van der Waals surface area contributed by atoms with Crippen LogP contribution in [0.15, 0.2) is 22.4 Å². The highest BCUT2D eigenvalue weighted by atomic mass is 32.2. The third-order valence-electron chi connectivity index (χ3n) is 1.96. The van der Waals surface area contributed by atoms with Crippen molar-refractivity contribution in [3.05, 3.63) is 27.9 Å². The van der Waals surface area contributed by atoms with Crippen molar-refractivity contribution < 1.29 is 14.9 Å². The second-order valence-corrected chi connectivity index (χ2v) is 4.22. The summed E-state index contributed by atoms with van der Waals surface area (Å²) in [5, 5.41) is 22.4. The molecule has 0 spiro atoms. The summed E-state index contributed by atoms with van der Waals surface area (Å²) < 4.78 is 4.85. The second kappa shape index (κ2) is 6.77. The number of thioether (sulfide) groups is 1. The molecule has 9 heteroatoms. The zero-order valence-electron chi connectivity index (χ0n) is 9.57. The Balaban J connectivity index is 3.01. The molecule has 0 aliphatic carbocycles. The summed E-state index contributed by atoms with van der Waals surface area (Å²) in [5.41, 5.74) is 5.36. The first-order valence-corrected chi connectivity index (χ1v) is 5.82. The Hall–Kier alpha value is -1.87. The minimum absolute atomic E-state index is 0.180. The largest absolute Gasteiger partial charge is 0.409 e. The van der Waals surface area contributed by atoms with Crippen LogP contribution in [-0.4, -0.2) is 40.4 Å². The molecule has 8 nitrogen and oxygen atoms in total. The molecule has 0 unspecified atom stereocenters. The number of hydrogen-bond donors (Lipinski definition) is 2. The van der Waals surface area contributed by atoms with Crippen LogP contribution in [0.25, 0.3) is 0 Å². The molecule has 1 rings (SSSR count). The lowest BCUT2D eigenvalue weighted by atomic mass is 10.2. The molecule has 1 aromatic heterocycles. The molecule has 98 valence electrons. The summed E-state index contributed by atoms with van der Waals surface area (Å²) in [7, 11) is 1.55. The number of oxime groups is 1. The molecule has 0 amide bonds. The Kier molecular flexibility index (Phi) is 5.33. The van der Waals surface area contributed by atoms with Crippen LogP contribution in [0.5, 0.6) is 0 Å². The van der Waals surface area contributed by atoms with Gasteiger partial charge in [-0.1, -0.05) is 16.9 Å². The first kappa shape index (κ1) is 14.2. The van der Waals surface area contributed by atoms with E-state index in [1.165, 1.54) is 24.0 Å². The standard InChI is InChI=1S/C9H12N4O4S/c1-17-2-3-18-9-7(13(15)16)4-6(5-11-9)8(10)12-14/h4-5,14H,2-3H2,1H3,(H2,10,12). The van der Waals surface area contributed by atoms with Crippen LogP contribution in [0.2, 0.25) is 0 Å². The molecule has 0 aliphatic rings. The Labute approximate surface area is 107 Å². The van der Waals surface area contributed by atoms with Crippen molar-refractivity contribution in [1.82, 2.24) is 4.98 Å². The van der Waals surface area contributed by atoms with E-state index < -0.39 is 4.92 Å². The minimum Gasteiger partial charge on any atom is -0.409 e. The van der Waals surface area contributed by atoms with Gasteiger partial charge in [0.2, 0.25) is 0 Å². The highest BCUT2D eigenvalue weighted by molar-refractivity contribution is 7.99. The maximum Gasteiger partial charge on any atom is 0.302 e. The van der Waals surface area contributed by atoms with Gasteiger partial charge in [0.25, 0.3) is 0 Å². The fraction of sp³-hybridized carbons (Fsp3) is 0.333. The van der Waals surface area contributed by atoms with Gasteiger partial charge in [0.1, 0.15) is 0 Å². The van der Waals surface area contributed by atoms with Gasteiger partial charge in [-0.05, 0) is 0 Å². The number of hydrogen-bond acceptors (Lipinski definition) is 7. The summed E-state index contributed by atoms with van der Waals surface area (Å²) in [5.74, 6) is 0.326. The second-order valence-electron chi connectivity index (χ2n) is 3.13. The lowest BCUT2D eigenvalue weighted by Gasteiger charge is -2.03. The summed E-state index contributed by atoms with van der Waals surface area (Å²) >= 11 is 1.21. The van der Waals surface area contributed by atoms with Crippen molar-refractivity contribution in [2.75, 3.05) is 19.5 Å². The Bertz CT molecular complexity index is 466. The molecule has 0 aliphatic heterocycles. The number of nitrogens with zero attached hydrogens (tertiary/aromatic N) is 3. The summed E-state index contributed by atoms with van der Waals surface area (Å²) in [6, 6.07) is 1.22. The summed E-state index contributed by atoms with van der Waals surface area (Å²) in [4.78, 5) is 14.3. The van der Waals surface area contributed by atoms with E-state index in [0.717, 1.165) is 0 Å². The first-order chi connectivity index (χ1) is 8.60. The molecule has 1 heterocycles. The van der Waals surface area contributed by atoms with Crippen molar-refractivity contribution in [3.8, 4) is 0 Å². The Morgan fingerprint density at radius 1 is 1.78 bits per heavy atom. The number of amidine groups is 1. The highest BCUT2D eigenvalue weighted by Crippen LogP contribution is 2.27. The number of ether oxygens (including phenoxy) is 1. The number of aromatic nitrogens is 1. The van der Waals surface area contributed by atoms with Crippen molar-refractivity contribution in [2.45, 2.75) is 5.03 Å². The van der Waals surface area contributed by atoms with E-state index in [4.69, 9.17) is 15.7 Å². The molecule has 18 heavy (non-hydrogen) atoms. The van der Waals surface area contributed by atoms with E-state index in [-0.39, 0.29) is 22.1 Å². The van der Waals surface area contributed by atoms with Crippen molar-refractivity contribution >= 4 is 23.3 Å². The maximum absolute atomic E-state index is 10.9. The number of pyridine rings is 1. The van der Waals surface area contributed by atoms with E-state index in [0.29, 0.717) is 12.4 Å². The highest BCUT2D eigenvalue weighted by Gasteiger charge is 2.17. The van der Waals surface area contributed by atoms with Crippen LogP contribution in [0.1, 0.15) is 5.56 Å². The molecule has 0 saturated heterocycles. The van der Waals surface area contributed by atoms with Gasteiger partial charge in [0, 0.05) is 30.7 Å². The van der Waals surface area contributed by atoms with Gasteiger partial charge in [-0.15, -0.1) is 0 Å². The molecule has 1 aromatic rings. The van der Waals surface area contributed by atoms with Crippen LogP contribution in [0.4, 0.5) is 5.69 Å². The van der Waals surface area contributed by atoms with E-state index in [1.807, 2.05) is 0 Å². The van der Waals surface area contributed by atoms with E-state index in [9.17, 15) is 10.1 Å².